The van der Waals surface area contributed by atoms with E-state index < -0.39 is 5.60 Å². The quantitative estimate of drug-likeness (QED) is 0.150. The predicted octanol–water partition coefficient (Wildman–Crippen LogP) is 16.3. The standard InChI is InChI=1S/C67H45N7O/c1-67(2)57-26-14-11-23-52(57)55-38-33-47(41-60(55)75-67)51-37-34-49(40-56(51)66-72-61(43-18-5-3-6-19-43)68-62(73-66)44-20-7-4-8-21-44)65-70-63(69-64(71-65)48-30-29-42-17-9-10-22-46(42)39-48)45-31-35-50(36-32-45)74-58-27-15-12-24-53(58)54-25-13-16-28-59(54)74/h3-41H,1-2H3. The van der Waals surface area contributed by atoms with Gasteiger partial charge in [0.15, 0.2) is 34.9 Å². The zero-order valence-electron chi connectivity index (χ0n) is 41.1. The number of aromatic nitrogens is 7. The molecule has 1 aliphatic heterocycles. The Balaban J connectivity index is 0.966. The van der Waals surface area contributed by atoms with Crippen molar-refractivity contribution in [1.82, 2.24) is 34.5 Å². The molecule has 0 bridgehead atoms. The normalized spacial score (nSPS) is 12.6. The number of hydrogen-bond donors (Lipinski definition) is 0. The number of nitrogens with zero attached hydrogens (tertiary/aromatic N) is 7. The molecule has 0 spiro atoms. The molecule has 75 heavy (non-hydrogen) atoms. The van der Waals surface area contributed by atoms with Crippen LogP contribution in [-0.4, -0.2) is 34.5 Å². The van der Waals surface area contributed by atoms with E-state index in [9.17, 15) is 0 Å². The van der Waals surface area contributed by atoms with Gasteiger partial charge in [0.05, 0.1) is 11.0 Å². The van der Waals surface area contributed by atoms with E-state index in [1.165, 1.54) is 10.8 Å². The van der Waals surface area contributed by atoms with E-state index in [-0.39, 0.29) is 0 Å². The lowest BCUT2D eigenvalue weighted by molar-refractivity contribution is 0.106. The second kappa shape index (κ2) is 17.7. The molecule has 14 rings (SSSR count). The van der Waals surface area contributed by atoms with Crippen LogP contribution in [0.1, 0.15) is 19.4 Å². The predicted molar refractivity (Wildman–Crippen MR) is 302 cm³/mol. The van der Waals surface area contributed by atoms with E-state index in [1.54, 1.807) is 0 Å². The van der Waals surface area contributed by atoms with Crippen LogP contribution in [0.2, 0.25) is 0 Å². The largest absolute Gasteiger partial charge is 0.482 e. The van der Waals surface area contributed by atoms with Gasteiger partial charge < -0.3 is 9.30 Å². The van der Waals surface area contributed by atoms with Crippen LogP contribution in [0.25, 0.3) is 129 Å². The molecule has 1 aliphatic rings. The average Bonchev–Trinajstić information content (AvgIpc) is 3.83. The summed E-state index contributed by atoms with van der Waals surface area (Å²) < 4.78 is 9.15. The van der Waals surface area contributed by atoms with Gasteiger partial charge in [0.2, 0.25) is 0 Å². The summed E-state index contributed by atoms with van der Waals surface area (Å²) in [6, 6.07) is 81.8. The zero-order valence-corrected chi connectivity index (χ0v) is 41.1. The molecular weight excluding hydrogens is 919 g/mol. The first kappa shape index (κ1) is 43.8. The molecule has 0 atom stereocenters. The lowest BCUT2D eigenvalue weighted by atomic mass is 9.85. The lowest BCUT2D eigenvalue weighted by Gasteiger charge is -2.35. The topological polar surface area (TPSA) is 91.5 Å². The second-order valence-corrected chi connectivity index (χ2v) is 19.5. The lowest BCUT2D eigenvalue weighted by Crippen LogP contribution is -2.29. The van der Waals surface area contributed by atoms with Crippen LogP contribution in [0, 0.1) is 0 Å². The third-order valence-corrected chi connectivity index (χ3v) is 14.3. The highest BCUT2D eigenvalue weighted by molar-refractivity contribution is 6.09. The molecule has 0 amide bonds. The molecule has 0 unspecified atom stereocenters. The Hall–Kier alpha value is -9.92. The molecule has 354 valence electrons. The SMILES string of the molecule is CC1(C)Oc2cc(-c3ccc(-c4nc(-c5ccc(-n6c7ccccc7c7ccccc76)cc5)nc(-c5ccc6ccccc6c5)n4)cc3-c3nc(-c4ccccc4)nc(-c4ccccc4)n3)ccc2-c2ccccc21. The molecule has 3 aromatic heterocycles. The van der Waals surface area contributed by atoms with E-state index >= 15 is 0 Å². The van der Waals surface area contributed by atoms with Crippen molar-refractivity contribution in [3.8, 4) is 102 Å². The Morgan fingerprint density at radius 3 is 1.44 bits per heavy atom. The summed E-state index contributed by atoms with van der Waals surface area (Å²) >= 11 is 0. The van der Waals surface area contributed by atoms with Gasteiger partial charge in [-0.3, -0.25) is 0 Å². The minimum Gasteiger partial charge on any atom is -0.482 e. The Labute approximate surface area is 433 Å². The number of rotatable bonds is 8. The third kappa shape index (κ3) is 7.79. The summed E-state index contributed by atoms with van der Waals surface area (Å²) in [7, 11) is 0. The molecular formula is C67H45N7O. The van der Waals surface area contributed by atoms with Gasteiger partial charge in [0.25, 0.3) is 0 Å². The van der Waals surface area contributed by atoms with Crippen LogP contribution >= 0.6 is 0 Å². The highest BCUT2D eigenvalue weighted by Crippen LogP contribution is 2.47. The molecule has 13 aromatic rings. The molecule has 8 nitrogen and oxygen atoms in total. The number of benzene rings is 10. The van der Waals surface area contributed by atoms with Gasteiger partial charge in [0, 0.05) is 61.0 Å². The Morgan fingerprint density at radius 2 is 0.787 bits per heavy atom. The molecule has 0 aliphatic carbocycles. The van der Waals surface area contributed by atoms with Crippen LogP contribution in [-0.2, 0) is 5.60 Å². The van der Waals surface area contributed by atoms with Crippen molar-refractivity contribution in [2.24, 2.45) is 0 Å². The molecule has 0 N–H and O–H groups in total. The Kier molecular flexibility index (Phi) is 10.3. The van der Waals surface area contributed by atoms with Crippen LogP contribution in [0.4, 0.5) is 0 Å². The maximum Gasteiger partial charge on any atom is 0.164 e. The van der Waals surface area contributed by atoms with Gasteiger partial charge in [-0.25, -0.2) is 29.9 Å². The van der Waals surface area contributed by atoms with Gasteiger partial charge in [-0.1, -0.05) is 182 Å². The van der Waals surface area contributed by atoms with E-state index in [0.29, 0.717) is 34.9 Å². The number of fused-ring (bicyclic) bond motifs is 7. The highest BCUT2D eigenvalue weighted by Gasteiger charge is 2.33. The van der Waals surface area contributed by atoms with Crippen molar-refractivity contribution in [3.05, 3.63) is 242 Å². The first-order chi connectivity index (χ1) is 36.9. The summed E-state index contributed by atoms with van der Waals surface area (Å²) in [5.74, 6) is 4.06. The first-order valence-corrected chi connectivity index (χ1v) is 25.2. The number of para-hydroxylation sites is 2. The Morgan fingerprint density at radius 1 is 0.320 bits per heavy atom. The van der Waals surface area contributed by atoms with Gasteiger partial charge in [-0.05, 0) is 95.9 Å². The number of hydrogen-bond acceptors (Lipinski definition) is 7. The zero-order chi connectivity index (χ0) is 50.0. The van der Waals surface area contributed by atoms with Crippen molar-refractivity contribution in [2.75, 3.05) is 0 Å². The van der Waals surface area contributed by atoms with Crippen LogP contribution in [0.3, 0.4) is 0 Å². The summed E-state index contributed by atoms with van der Waals surface area (Å²) in [6.45, 7) is 4.25. The van der Waals surface area contributed by atoms with E-state index in [4.69, 9.17) is 34.6 Å². The van der Waals surface area contributed by atoms with Crippen molar-refractivity contribution >= 4 is 32.6 Å². The minimum atomic E-state index is -0.539. The maximum atomic E-state index is 6.83. The van der Waals surface area contributed by atoms with Crippen molar-refractivity contribution in [2.45, 2.75) is 19.4 Å². The van der Waals surface area contributed by atoms with E-state index in [0.717, 1.165) is 94.4 Å². The summed E-state index contributed by atoms with van der Waals surface area (Å²) in [6.07, 6.45) is 0. The van der Waals surface area contributed by atoms with Gasteiger partial charge >= 0.3 is 0 Å². The Bertz CT molecular complexity index is 4250. The van der Waals surface area contributed by atoms with Gasteiger partial charge in [-0.2, -0.15) is 0 Å². The molecule has 4 heterocycles. The maximum absolute atomic E-state index is 6.83. The van der Waals surface area contributed by atoms with E-state index in [2.05, 4.69) is 194 Å². The van der Waals surface area contributed by atoms with Crippen LogP contribution in [0.15, 0.2) is 237 Å². The fourth-order valence-corrected chi connectivity index (χ4v) is 10.7. The molecule has 0 saturated carbocycles. The first-order valence-electron chi connectivity index (χ1n) is 25.2. The average molecular weight is 964 g/mol. The molecule has 8 heteroatoms. The third-order valence-electron chi connectivity index (χ3n) is 14.3. The molecule has 0 fully saturated rings. The minimum absolute atomic E-state index is 0.508. The van der Waals surface area contributed by atoms with Gasteiger partial charge in [0.1, 0.15) is 11.4 Å². The molecule has 10 aromatic carbocycles. The second-order valence-electron chi connectivity index (χ2n) is 19.5. The summed E-state index contributed by atoms with van der Waals surface area (Å²) in [4.78, 5) is 31.5. The molecule has 0 saturated heterocycles. The van der Waals surface area contributed by atoms with Gasteiger partial charge in [-0.15, -0.1) is 0 Å². The van der Waals surface area contributed by atoms with Crippen molar-refractivity contribution in [3.63, 3.8) is 0 Å². The summed E-state index contributed by atoms with van der Waals surface area (Å²) in [5.41, 5.74) is 13.1. The van der Waals surface area contributed by atoms with Crippen LogP contribution in [0.5, 0.6) is 5.75 Å². The molecule has 0 radical (unpaired) electrons. The fraction of sp³-hybridized carbons (Fsp3) is 0.0448. The smallest absolute Gasteiger partial charge is 0.164 e. The summed E-state index contributed by atoms with van der Waals surface area (Å²) in [5, 5.41) is 4.66. The highest BCUT2D eigenvalue weighted by atomic mass is 16.5. The van der Waals surface area contributed by atoms with Crippen LogP contribution < -0.4 is 4.74 Å². The van der Waals surface area contributed by atoms with Crippen molar-refractivity contribution in [1.29, 1.82) is 0 Å². The number of ether oxygens (including phenoxy) is 1. The van der Waals surface area contributed by atoms with E-state index in [1.807, 2.05) is 60.7 Å². The monoisotopic (exact) mass is 963 g/mol. The fourth-order valence-electron chi connectivity index (χ4n) is 10.7. The van der Waals surface area contributed by atoms with Crippen molar-refractivity contribution < 1.29 is 4.74 Å².